The van der Waals surface area contributed by atoms with Crippen molar-refractivity contribution in [1.29, 1.82) is 0 Å². The van der Waals surface area contributed by atoms with Gasteiger partial charge in [0, 0.05) is 19.3 Å². The van der Waals surface area contributed by atoms with Crippen LogP contribution in [0, 0.1) is 0 Å². The molecule has 1 atom stereocenters. The lowest BCUT2D eigenvalue weighted by Crippen LogP contribution is -2.27. The Morgan fingerprint density at radius 1 is 1.38 bits per heavy atom. The van der Waals surface area contributed by atoms with Crippen molar-refractivity contribution in [2.45, 2.75) is 25.8 Å². The second kappa shape index (κ2) is 8.30. The average molecular weight is 392 g/mol. The van der Waals surface area contributed by atoms with Crippen molar-refractivity contribution < 1.29 is 9.53 Å². The molecular weight excluding hydrogens is 368 g/mol. The van der Waals surface area contributed by atoms with Gasteiger partial charge in [-0.3, -0.25) is 4.98 Å². The van der Waals surface area contributed by atoms with Gasteiger partial charge < -0.3 is 15.0 Å². The summed E-state index contributed by atoms with van der Waals surface area (Å²) in [4.78, 5) is 23.8. The topological polar surface area (TPSA) is 84.7 Å². The Balaban J connectivity index is 1.79. The lowest BCUT2D eigenvalue weighted by molar-refractivity contribution is 0.0517. The Morgan fingerprint density at radius 2 is 2.28 bits per heavy atom. The van der Waals surface area contributed by atoms with Crippen LogP contribution in [0.3, 0.4) is 0 Å². The predicted molar refractivity (Wildman–Crippen MR) is 111 cm³/mol. The van der Waals surface area contributed by atoms with Crippen LogP contribution in [0.15, 0.2) is 49.2 Å². The lowest BCUT2D eigenvalue weighted by atomic mass is 10.1. The van der Waals surface area contributed by atoms with Gasteiger partial charge in [-0.15, -0.1) is 11.7 Å². The van der Waals surface area contributed by atoms with E-state index in [0.717, 1.165) is 25.1 Å². The van der Waals surface area contributed by atoms with Gasteiger partial charge in [0.2, 0.25) is 5.95 Å². The second-order valence-corrected chi connectivity index (χ2v) is 6.77. The monoisotopic (exact) mass is 392 g/mol. The normalized spacial score (nSPS) is 16.2. The fraction of sp³-hybridized carbons (Fsp3) is 0.333. The van der Waals surface area contributed by atoms with Crippen molar-refractivity contribution in [1.82, 2.24) is 19.6 Å². The summed E-state index contributed by atoms with van der Waals surface area (Å²) in [6, 6.07) is 9.56. The van der Waals surface area contributed by atoms with E-state index < -0.39 is 5.97 Å². The van der Waals surface area contributed by atoms with Crippen LogP contribution in [-0.4, -0.2) is 45.2 Å². The molecule has 4 rings (SSSR count). The summed E-state index contributed by atoms with van der Waals surface area (Å²) in [5, 5.41) is 7.96. The van der Waals surface area contributed by atoms with Gasteiger partial charge in [-0.1, -0.05) is 12.1 Å². The summed E-state index contributed by atoms with van der Waals surface area (Å²) >= 11 is 0. The first-order chi connectivity index (χ1) is 14.2. The molecule has 0 spiro atoms. The van der Waals surface area contributed by atoms with Crippen LogP contribution in [0.2, 0.25) is 0 Å². The number of nitrogens with one attached hydrogen (secondary N) is 1. The molecule has 0 saturated carbocycles. The molecule has 0 amide bonds. The first-order valence-electron chi connectivity index (χ1n) is 9.82. The predicted octanol–water partition coefficient (Wildman–Crippen LogP) is 3.24. The van der Waals surface area contributed by atoms with Crippen molar-refractivity contribution in [3.05, 3.63) is 60.6 Å². The molecule has 29 heavy (non-hydrogen) atoms. The van der Waals surface area contributed by atoms with Crippen LogP contribution in [-0.2, 0) is 4.74 Å². The first-order valence-corrected chi connectivity index (χ1v) is 9.82. The number of hydrogen-bond donors (Lipinski definition) is 1. The number of aromatic nitrogens is 4. The standard InChI is InChI=1S/C21H24N6O2/c1-3-12-23-19-17-10-11-18(20(28)29-4-2)27(17)25-21(24-19)26-14-7-9-16(26)15-8-5-6-13-22-15/h3,5-6,8,10-11,13,16H,1,4,7,9,12,14H2,2H3,(H,23,24,25). The molecule has 0 aliphatic carbocycles. The van der Waals surface area contributed by atoms with Gasteiger partial charge in [0.1, 0.15) is 5.52 Å². The minimum atomic E-state index is -0.408. The fourth-order valence-corrected chi connectivity index (χ4v) is 3.65. The molecule has 4 heterocycles. The molecular formula is C21H24N6O2. The van der Waals surface area contributed by atoms with E-state index in [1.807, 2.05) is 24.3 Å². The molecule has 3 aromatic heterocycles. The number of carbonyl (C=O) groups excluding carboxylic acids is 1. The van der Waals surface area contributed by atoms with Gasteiger partial charge in [0.05, 0.1) is 18.3 Å². The largest absolute Gasteiger partial charge is 0.461 e. The molecule has 8 nitrogen and oxygen atoms in total. The van der Waals surface area contributed by atoms with E-state index in [0.29, 0.717) is 36.1 Å². The van der Waals surface area contributed by atoms with Crippen molar-refractivity contribution in [2.75, 3.05) is 29.9 Å². The van der Waals surface area contributed by atoms with Crippen LogP contribution in [0.25, 0.3) is 5.52 Å². The Morgan fingerprint density at radius 3 is 3.03 bits per heavy atom. The van der Waals surface area contributed by atoms with Crippen LogP contribution in [0.5, 0.6) is 0 Å². The fourth-order valence-electron chi connectivity index (χ4n) is 3.65. The number of esters is 1. The van der Waals surface area contributed by atoms with Gasteiger partial charge in [-0.2, -0.15) is 4.98 Å². The van der Waals surface area contributed by atoms with Crippen LogP contribution < -0.4 is 10.2 Å². The van der Waals surface area contributed by atoms with Gasteiger partial charge in [-0.05, 0) is 44.0 Å². The smallest absolute Gasteiger partial charge is 0.356 e. The molecule has 1 fully saturated rings. The number of anilines is 2. The molecule has 0 radical (unpaired) electrons. The van der Waals surface area contributed by atoms with Gasteiger partial charge in [-0.25, -0.2) is 9.31 Å². The van der Waals surface area contributed by atoms with E-state index in [9.17, 15) is 4.79 Å². The van der Waals surface area contributed by atoms with Gasteiger partial charge >= 0.3 is 5.97 Å². The van der Waals surface area contributed by atoms with E-state index in [2.05, 4.69) is 21.8 Å². The maximum Gasteiger partial charge on any atom is 0.356 e. The summed E-state index contributed by atoms with van der Waals surface area (Å²) in [5.74, 6) is 0.797. The van der Waals surface area contributed by atoms with E-state index in [-0.39, 0.29) is 6.04 Å². The van der Waals surface area contributed by atoms with E-state index in [1.165, 1.54) is 0 Å². The third-order valence-electron chi connectivity index (χ3n) is 4.94. The maximum absolute atomic E-state index is 12.4. The number of ether oxygens (including phenoxy) is 1. The zero-order chi connectivity index (χ0) is 20.2. The summed E-state index contributed by atoms with van der Waals surface area (Å²) in [6.45, 7) is 7.22. The number of carbonyl (C=O) groups is 1. The highest BCUT2D eigenvalue weighted by Gasteiger charge is 2.30. The minimum absolute atomic E-state index is 0.0995. The number of fused-ring (bicyclic) bond motifs is 1. The quantitative estimate of drug-likeness (QED) is 0.488. The van der Waals surface area contributed by atoms with Gasteiger partial charge in [0.15, 0.2) is 11.5 Å². The van der Waals surface area contributed by atoms with Crippen molar-refractivity contribution in [3.8, 4) is 0 Å². The van der Waals surface area contributed by atoms with Crippen molar-refractivity contribution in [2.24, 2.45) is 0 Å². The molecule has 8 heteroatoms. The molecule has 1 saturated heterocycles. The average Bonchev–Trinajstić information content (AvgIpc) is 3.40. The van der Waals surface area contributed by atoms with Crippen LogP contribution in [0.4, 0.5) is 11.8 Å². The molecule has 0 aromatic carbocycles. The lowest BCUT2D eigenvalue weighted by Gasteiger charge is -2.25. The highest BCUT2D eigenvalue weighted by Crippen LogP contribution is 2.34. The Bertz CT molecular complexity index is 1020. The number of nitrogens with zero attached hydrogens (tertiary/aromatic N) is 5. The zero-order valence-corrected chi connectivity index (χ0v) is 16.4. The molecule has 0 bridgehead atoms. The molecule has 1 aliphatic rings. The Labute approximate surface area is 169 Å². The van der Waals surface area contributed by atoms with Crippen LogP contribution in [0.1, 0.15) is 42.0 Å². The van der Waals surface area contributed by atoms with E-state index in [4.69, 9.17) is 14.8 Å². The SMILES string of the molecule is C=CCNc1nc(N2CCCC2c2ccccn2)nn2c(C(=O)OCC)ccc12. The van der Waals surface area contributed by atoms with Crippen molar-refractivity contribution >= 4 is 23.3 Å². The number of rotatable bonds is 7. The molecule has 3 aromatic rings. The Hall–Kier alpha value is -3.42. The number of pyridine rings is 1. The molecule has 1 aliphatic heterocycles. The summed E-state index contributed by atoms with van der Waals surface area (Å²) < 4.78 is 6.80. The van der Waals surface area contributed by atoms with Crippen molar-refractivity contribution in [3.63, 3.8) is 0 Å². The van der Waals surface area contributed by atoms with Crippen LogP contribution >= 0.6 is 0 Å². The summed E-state index contributed by atoms with van der Waals surface area (Å²) in [7, 11) is 0. The maximum atomic E-state index is 12.4. The van der Waals surface area contributed by atoms with Gasteiger partial charge in [0.25, 0.3) is 0 Å². The minimum Gasteiger partial charge on any atom is -0.461 e. The third kappa shape index (κ3) is 3.65. The molecule has 1 N–H and O–H groups in total. The first kappa shape index (κ1) is 18.9. The zero-order valence-electron chi connectivity index (χ0n) is 16.4. The highest BCUT2D eigenvalue weighted by atomic mass is 16.5. The number of hydrogen-bond acceptors (Lipinski definition) is 7. The second-order valence-electron chi connectivity index (χ2n) is 6.77. The highest BCUT2D eigenvalue weighted by molar-refractivity contribution is 5.90. The Kier molecular flexibility index (Phi) is 5.41. The molecule has 1 unspecified atom stereocenters. The summed E-state index contributed by atoms with van der Waals surface area (Å²) in [5.41, 5.74) is 2.08. The summed E-state index contributed by atoms with van der Waals surface area (Å²) in [6.07, 6.45) is 5.57. The van der Waals surface area contributed by atoms with E-state index >= 15 is 0 Å². The molecule has 150 valence electrons. The van der Waals surface area contributed by atoms with E-state index in [1.54, 1.807) is 29.8 Å². The third-order valence-corrected chi connectivity index (χ3v) is 4.94.